The van der Waals surface area contributed by atoms with Crippen LogP contribution in [0.15, 0.2) is 0 Å². The molecule has 0 N–H and O–H groups in total. The Morgan fingerprint density at radius 3 is 2.67 bits per heavy atom. The van der Waals surface area contributed by atoms with Gasteiger partial charge in [-0.05, 0) is 18.8 Å². The lowest BCUT2D eigenvalue weighted by atomic mass is 9.94. The van der Waals surface area contributed by atoms with Gasteiger partial charge < -0.3 is 9.64 Å². The van der Waals surface area contributed by atoms with E-state index in [4.69, 9.17) is 0 Å². The van der Waals surface area contributed by atoms with Crippen molar-refractivity contribution in [2.75, 3.05) is 13.7 Å². The van der Waals surface area contributed by atoms with Crippen molar-refractivity contribution >= 4 is 6.09 Å². The Balaban J connectivity index is 2.33. The third kappa shape index (κ3) is 1.90. The van der Waals surface area contributed by atoms with Gasteiger partial charge in [0.25, 0.3) is 0 Å². The molecule has 1 rings (SSSR count). The zero-order chi connectivity index (χ0) is 9.14. The van der Waals surface area contributed by atoms with E-state index in [1.165, 1.54) is 7.11 Å². The van der Waals surface area contributed by atoms with Crippen LogP contribution in [0.5, 0.6) is 0 Å². The first-order valence-corrected chi connectivity index (χ1v) is 4.49. The van der Waals surface area contributed by atoms with Crippen LogP contribution in [0.4, 0.5) is 4.79 Å². The molecular weight excluding hydrogens is 154 g/mol. The molecule has 70 valence electrons. The molecule has 1 amide bonds. The zero-order valence-corrected chi connectivity index (χ0v) is 8.04. The second-order valence-corrected chi connectivity index (χ2v) is 3.74. The predicted molar refractivity (Wildman–Crippen MR) is 47.0 cm³/mol. The molecule has 0 bridgehead atoms. The molecule has 0 aliphatic carbocycles. The molecule has 0 spiro atoms. The molecule has 12 heavy (non-hydrogen) atoms. The summed E-state index contributed by atoms with van der Waals surface area (Å²) in [6.45, 7) is 5.21. The van der Waals surface area contributed by atoms with Crippen molar-refractivity contribution in [1.29, 1.82) is 0 Å². The molecule has 1 aliphatic rings. The summed E-state index contributed by atoms with van der Waals surface area (Å²) in [5, 5.41) is 0. The molecule has 0 aromatic carbocycles. The highest BCUT2D eigenvalue weighted by Gasteiger charge is 2.32. The number of ether oxygens (including phenoxy) is 1. The minimum absolute atomic E-state index is 0.174. The normalized spacial score (nSPS) is 22.3. The number of methoxy groups -OCH3 is 1. The first-order valence-electron chi connectivity index (χ1n) is 4.49. The van der Waals surface area contributed by atoms with Crippen molar-refractivity contribution in [1.82, 2.24) is 4.90 Å². The predicted octanol–water partition coefficient (Wildman–Crippen LogP) is 1.87. The summed E-state index contributed by atoms with van der Waals surface area (Å²) in [6, 6.07) is 0.428. The highest BCUT2D eigenvalue weighted by Crippen LogP contribution is 2.24. The lowest BCUT2D eigenvalue weighted by Gasteiger charge is -2.40. The molecule has 1 fully saturated rings. The molecule has 0 aromatic heterocycles. The standard InChI is InChI=1S/C9H17NO2/c1-7(2)6-8-4-5-10(8)9(11)12-3/h7-8H,4-6H2,1-3H3/t8-/m0/s1. The number of rotatable bonds is 2. The molecule has 1 heterocycles. The van der Waals surface area contributed by atoms with E-state index >= 15 is 0 Å². The Morgan fingerprint density at radius 2 is 2.33 bits per heavy atom. The highest BCUT2D eigenvalue weighted by molar-refractivity contribution is 5.68. The minimum atomic E-state index is -0.174. The zero-order valence-electron chi connectivity index (χ0n) is 8.04. The average Bonchev–Trinajstić information content (AvgIpc) is 1.98. The van der Waals surface area contributed by atoms with Crippen LogP contribution in [0.3, 0.4) is 0 Å². The van der Waals surface area contributed by atoms with Crippen LogP contribution >= 0.6 is 0 Å². The summed E-state index contributed by atoms with van der Waals surface area (Å²) in [5.74, 6) is 0.655. The van der Waals surface area contributed by atoms with E-state index in [0.29, 0.717) is 12.0 Å². The van der Waals surface area contributed by atoms with Gasteiger partial charge in [0.1, 0.15) is 0 Å². The largest absolute Gasteiger partial charge is 0.453 e. The van der Waals surface area contributed by atoms with Crippen molar-refractivity contribution in [3.63, 3.8) is 0 Å². The summed E-state index contributed by atoms with van der Waals surface area (Å²) < 4.78 is 4.65. The Bertz CT molecular complexity index is 168. The molecule has 1 atom stereocenters. The van der Waals surface area contributed by atoms with E-state index in [1.54, 1.807) is 4.90 Å². The smallest absolute Gasteiger partial charge is 0.409 e. The number of carbonyl (C=O) groups excluding carboxylic acids is 1. The lowest BCUT2D eigenvalue weighted by Crippen LogP contribution is -2.51. The summed E-state index contributed by atoms with van der Waals surface area (Å²) in [7, 11) is 1.44. The quantitative estimate of drug-likeness (QED) is 0.634. The van der Waals surface area contributed by atoms with Crippen LogP contribution in [-0.2, 0) is 4.74 Å². The third-order valence-corrected chi connectivity index (χ3v) is 2.30. The topological polar surface area (TPSA) is 29.5 Å². The second kappa shape index (κ2) is 3.78. The third-order valence-electron chi connectivity index (χ3n) is 2.30. The van der Waals surface area contributed by atoms with Crippen LogP contribution in [0, 0.1) is 5.92 Å². The number of hydrogen-bond acceptors (Lipinski definition) is 2. The van der Waals surface area contributed by atoms with Gasteiger partial charge in [-0.3, -0.25) is 0 Å². The van der Waals surface area contributed by atoms with Crippen LogP contribution in [-0.4, -0.2) is 30.7 Å². The first kappa shape index (κ1) is 9.36. The van der Waals surface area contributed by atoms with Gasteiger partial charge in [0, 0.05) is 12.6 Å². The Hall–Kier alpha value is -0.730. The van der Waals surface area contributed by atoms with E-state index in [9.17, 15) is 4.79 Å². The number of likely N-dealkylation sites (tertiary alicyclic amines) is 1. The molecule has 0 radical (unpaired) electrons. The summed E-state index contributed by atoms with van der Waals surface area (Å²) in [6.07, 6.45) is 2.05. The van der Waals surface area contributed by atoms with Crippen molar-refractivity contribution in [3.05, 3.63) is 0 Å². The molecule has 3 nitrogen and oxygen atoms in total. The van der Waals surface area contributed by atoms with Gasteiger partial charge in [-0.15, -0.1) is 0 Å². The van der Waals surface area contributed by atoms with Crippen LogP contribution < -0.4 is 0 Å². The highest BCUT2D eigenvalue weighted by atomic mass is 16.5. The molecule has 0 saturated carbocycles. The fourth-order valence-corrected chi connectivity index (χ4v) is 1.59. The van der Waals surface area contributed by atoms with Gasteiger partial charge in [0.05, 0.1) is 7.11 Å². The maximum atomic E-state index is 11.1. The maximum Gasteiger partial charge on any atom is 0.409 e. The van der Waals surface area contributed by atoms with Crippen molar-refractivity contribution in [2.24, 2.45) is 5.92 Å². The molecule has 1 saturated heterocycles. The van der Waals surface area contributed by atoms with Gasteiger partial charge in [-0.1, -0.05) is 13.8 Å². The summed E-state index contributed by atoms with van der Waals surface area (Å²) in [4.78, 5) is 12.9. The van der Waals surface area contributed by atoms with Crippen LogP contribution in [0.25, 0.3) is 0 Å². The van der Waals surface area contributed by atoms with Gasteiger partial charge in [-0.2, -0.15) is 0 Å². The van der Waals surface area contributed by atoms with E-state index in [2.05, 4.69) is 18.6 Å². The molecule has 1 aliphatic heterocycles. The molecule has 0 unspecified atom stereocenters. The number of amides is 1. The lowest BCUT2D eigenvalue weighted by molar-refractivity contribution is 0.0531. The molecule has 0 aromatic rings. The summed E-state index contributed by atoms with van der Waals surface area (Å²) in [5.41, 5.74) is 0. The van der Waals surface area contributed by atoms with Gasteiger partial charge in [-0.25, -0.2) is 4.79 Å². The Labute approximate surface area is 73.7 Å². The Kier molecular flexibility index (Phi) is 2.95. The fourth-order valence-electron chi connectivity index (χ4n) is 1.59. The van der Waals surface area contributed by atoms with Gasteiger partial charge >= 0.3 is 6.09 Å². The number of carbonyl (C=O) groups is 1. The maximum absolute atomic E-state index is 11.1. The number of hydrogen-bond donors (Lipinski definition) is 0. The van der Waals surface area contributed by atoms with Crippen LogP contribution in [0.2, 0.25) is 0 Å². The van der Waals surface area contributed by atoms with E-state index in [1.807, 2.05) is 0 Å². The van der Waals surface area contributed by atoms with E-state index < -0.39 is 0 Å². The second-order valence-electron chi connectivity index (χ2n) is 3.74. The number of nitrogens with zero attached hydrogens (tertiary/aromatic N) is 1. The van der Waals surface area contributed by atoms with E-state index in [-0.39, 0.29) is 6.09 Å². The Morgan fingerprint density at radius 1 is 1.67 bits per heavy atom. The summed E-state index contributed by atoms with van der Waals surface area (Å²) >= 11 is 0. The minimum Gasteiger partial charge on any atom is -0.453 e. The monoisotopic (exact) mass is 171 g/mol. The van der Waals surface area contributed by atoms with Crippen molar-refractivity contribution in [2.45, 2.75) is 32.7 Å². The SMILES string of the molecule is COC(=O)N1CC[C@H]1CC(C)C. The van der Waals surface area contributed by atoms with Gasteiger partial charge in [0.15, 0.2) is 0 Å². The van der Waals surface area contributed by atoms with Gasteiger partial charge in [0.2, 0.25) is 0 Å². The average molecular weight is 171 g/mol. The fraction of sp³-hybridized carbons (Fsp3) is 0.889. The van der Waals surface area contributed by atoms with Crippen molar-refractivity contribution < 1.29 is 9.53 Å². The van der Waals surface area contributed by atoms with Crippen molar-refractivity contribution in [3.8, 4) is 0 Å². The first-order chi connectivity index (χ1) is 5.65. The molecule has 3 heteroatoms. The van der Waals surface area contributed by atoms with E-state index in [0.717, 1.165) is 19.4 Å². The molecular formula is C9H17NO2. The van der Waals surface area contributed by atoms with Crippen LogP contribution in [0.1, 0.15) is 26.7 Å².